The summed E-state index contributed by atoms with van der Waals surface area (Å²) in [4.78, 5) is 17.2. The van der Waals surface area contributed by atoms with Gasteiger partial charge in [0.25, 0.3) is 0 Å². The molecule has 7 heteroatoms. The van der Waals surface area contributed by atoms with Crippen molar-refractivity contribution in [2.45, 2.75) is 19.3 Å². The topological polar surface area (TPSA) is 64.3 Å². The number of benzene rings is 1. The molecular formula is C20H26ClN5O. The highest BCUT2D eigenvalue weighted by molar-refractivity contribution is 6.30. The maximum absolute atomic E-state index is 12.5. The highest BCUT2D eigenvalue weighted by atomic mass is 35.5. The fourth-order valence-corrected chi connectivity index (χ4v) is 4.21. The van der Waals surface area contributed by atoms with Crippen molar-refractivity contribution >= 4 is 23.2 Å². The van der Waals surface area contributed by atoms with Crippen molar-refractivity contribution in [1.82, 2.24) is 20.4 Å². The average molecular weight is 388 g/mol. The lowest BCUT2D eigenvalue weighted by Crippen LogP contribution is -2.49. The van der Waals surface area contributed by atoms with E-state index in [-0.39, 0.29) is 11.8 Å². The summed E-state index contributed by atoms with van der Waals surface area (Å²) in [5.74, 6) is 0.259. The molecule has 1 aromatic heterocycles. The van der Waals surface area contributed by atoms with Crippen LogP contribution in [0.15, 0.2) is 30.5 Å². The molecule has 6 nitrogen and oxygen atoms in total. The van der Waals surface area contributed by atoms with Gasteiger partial charge in [-0.3, -0.25) is 14.8 Å². The molecular weight excluding hydrogens is 362 g/mol. The van der Waals surface area contributed by atoms with Crippen molar-refractivity contribution in [3.05, 3.63) is 46.7 Å². The fraction of sp³-hybridized carbons (Fsp3) is 0.500. The molecule has 2 aliphatic rings. The van der Waals surface area contributed by atoms with E-state index in [2.05, 4.69) is 31.4 Å². The van der Waals surface area contributed by atoms with Crippen LogP contribution >= 0.6 is 11.6 Å². The molecule has 1 atom stereocenters. The van der Waals surface area contributed by atoms with E-state index in [4.69, 9.17) is 11.6 Å². The molecule has 0 bridgehead atoms. The first-order valence-corrected chi connectivity index (χ1v) is 10.1. The van der Waals surface area contributed by atoms with Gasteiger partial charge in [0.1, 0.15) is 0 Å². The minimum absolute atomic E-state index is 0.0785. The van der Waals surface area contributed by atoms with Gasteiger partial charge in [0.05, 0.1) is 6.20 Å². The van der Waals surface area contributed by atoms with E-state index < -0.39 is 0 Å². The molecule has 1 fully saturated rings. The molecule has 1 saturated heterocycles. The molecule has 0 spiro atoms. The zero-order valence-electron chi connectivity index (χ0n) is 15.5. The van der Waals surface area contributed by atoms with Gasteiger partial charge in [-0.2, -0.15) is 5.10 Å². The van der Waals surface area contributed by atoms with Crippen LogP contribution in [0.3, 0.4) is 0 Å². The fourth-order valence-electron chi connectivity index (χ4n) is 4.02. The van der Waals surface area contributed by atoms with Crippen LogP contribution < -0.4 is 10.2 Å². The number of rotatable bonds is 5. The van der Waals surface area contributed by atoms with E-state index in [0.717, 1.165) is 57.0 Å². The van der Waals surface area contributed by atoms with Crippen molar-refractivity contribution < 1.29 is 4.79 Å². The molecule has 0 radical (unpaired) electrons. The number of aromatic amines is 1. The number of amides is 1. The monoisotopic (exact) mass is 387 g/mol. The van der Waals surface area contributed by atoms with Gasteiger partial charge in [-0.25, -0.2) is 0 Å². The smallest absolute Gasteiger partial charge is 0.223 e. The minimum atomic E-state index is 0.0785. The van der Waals surface area contributed by atoms with E-state index in [1.165, 1.54) is 16.9 Å². The van der Waals surface area contributed by atoms with Crippen LogP contribution in [0.25, 0.3) is 0 Å². The Morgan fingerprint density at radius 1 is 1.30 bits per heavy atom. The summed E-state index contributed by atoms with van der Waals surface area (Å²) in [6.07, 6.45) is 4.47. The summed E-state index contributed by atoms with van der Waals surface area (Å²) in [7, 11) is 0. The molecule has 2 aromatic rings. The average Bonchev–Trinajstić information content (AvgIpc) is 3.16. The predicted octanol–water partition coefficient (Wildman–Crippen LogP) is 2.11. The Bertz CT molecular complexity index is 784. The normalized spacial score (nSPS) is 20.3. The van der Waals surface area contributed by atoms with E-state index in [9.17, 15) is 4.79 Å². The van der Waals surface area contributed by atoms with Gasteiger partial charge in [-0.05, 0) is 43.0 Å². The van der Waals surface area contributed by atoms with E-state index in [0.29, 0.717) is 6.54 Å². The Kier molecular flexibility index (Phi) is 5.64. The van der Waals surface area contributed by atoms with Crippen LogP contribution in [0.4, 0.5) is 5.69 Å². The molecule has 1 unspecified atom stereocenters. The van der Waals surface area contributed by atoms with Gasteiger partial charge < -0.3 is 10.2 Å². The number of carbonyl (C=O) groups excluding carboxylic acids is 1. The third-order valence-electron chi connectivity index (χ3n) is 5.66. The third kappa shape index (κ3) is 4.45. The molecule has 27 heavy (non-hydrogen) atoms. The molecule has 4 rings (SSSR count). The number of piperazine rings is 1. The first-order chi connectivity index (χ1) is 13.2. The van der Waals surface area contributed by atoms with Gasteiger partial charge in [0, 0.05) is 61.6 Å². The summed E-state index contributed by atoms with van der Waals surface area (Å²) in [5, 5.41) is 11.0. The second-order valence-corrected chi connectivity index (χ2v) is 7.85. The number of fused-ring (bicyclic) bond motifs is 1. The van der Waals surface area contributed by atoms with Crippen LogP contribution in [-0.4, -0.2) is 60.3 Å². The number of carbonyl (C=O) groups is 1. The van der Waals surface area contributed by atoms with E-state index in [1.807, 2.05) is 24.4 Å². The molecule has 1 aromatic carbocycles. The summed E-state index contributed by atoms with van der Waals surface area (Å²) in [6, 6.07) is 8.03. The first-order valence-electron chi connectivity index (χ1n) is 9.71. The van der Waals surface area contributed by atoms with Gasteiger partial charge >= 0.3 is 0 Å². The number of aryl methyl sites for hydroxylation is 1. The van der Waals surface area contributed by atoms with Crippen molar-refractivity contribution in [3.63, 3.8) is 0 Å². The Balaban J connectivity index is 1.18. The predicted molar refractivity (Wildman–Crippen MR) is 107 cm³/mol. The molecule has 0 saturated carbocycles. The highest BCUT2D eigenvalue weighted by Gasteiger charge is 2.25. The van der Waals surface area contributed by atoms with Crippen molar-refractivity contribution in [1.29, 1.82) is 0 Å². The number of anilines is 1. The maximum Gasteiger partial charge on any atom is 0.223 e. The van der Waals surface area contributed by atoms with Gasteiger partial charge in [0.15, 0.2) is 0 Å². The van der Waals surface area contributed by atoms with E-state index >= 15 is 0 Å². The zero-order valence-corrected chi connectivity index (χ0v) is 16.2. The van der Waals surface area contributed by atoms with Crippen LogP contribution in [0.2, 0.25) is 5.02 Å². The van der Waals surface area contributed by atoms with Crippen LogP contribution in [0.5, 0.6) is 0 Å². The zero-order chi connectivity index (χ0) is 18.6. The third-order valence-corrected chi connectivity index (χ3v) is 5.90. The Labute approximate surface area is 164 Å². The lowest BCUT2D eigenvalue weighted by atomic mass is 9.87. The summed E-state index contributed by atoms with van der Waals surface area (Å²) in [6.45, 7) is 5.60. The molecule has 144 valence electrons. The number of H-pyrrole nitrogens is 1. The number of aromatic nitrogens is 2. The second kappa shape index (κ2) is 8.31. The van der Waals surface area contributed by atoms with E-state index in [1.54, 1.807) is 0 Å². The second-order valence-electron chi connectivity index (χ2n) is 7.41. The number of halogens is 1. The summed E-state index contributed by atoms with van der Waals surface area (Å²) >= 11 is 6.09. The van der Waals surface area contributed by atoms with Gasteiger partial charge in [0.2, 0.25) is 5.91 Å². The number of nitrogens with one attached hydrogen (secondary N) is 2. The number of hydrogen-bond donors (Lipinski definition) is 2. The highest BCUT2D eigenvalue weighted by Crippen LogP contribution is 2.24. The molecule has 2 N–H and O–H groups in total. The Morgan fingerprint density at radius 2 is 2.15 bits per heavy atom. The lowest BCUT2D eigenvalue weighted by molar-refractivity contribution is -0.125. The number of hydrogen-bond acceptors (Lipinski definition) is 4. The quantitative estimate of drug-likeness (QED) is 0.824. The van der Waals surface area contributed by atoms with Crippen LogP contribution in [0, 0.1) is 5.92 Å². The lowest BCUT2D eigenvalue weighted by Gasteiger charge is -2.36. The van der Waals surface area contributed by atoms with Gasteiger partial charge in [-0.1, -0.05) is 17.7 Å². The van der Waals surface area contributed by atoms with Crippen LogP contribution in [-0.2, 0) is 17.6 Å². The van der Waals surface area contributed by atoms with Crippen molar-refractivity contribution in [2.24, 2.45) is 5.92 Å². The Hall–Kier alpha value is -2.05. The standard InChI is InChI=1S/C20H26ClN5O/c21-17-2-1-3-18(13-17)26-10-8-25(9-11-26)7-6-22-20(27)15-4-5-19-16(12-15)14-23-24-19/h1-3,13-15H,4-12H2,(H,22,27)(H,23,24). The summed E-state index contributed by atoms with van der Waals surface area (Å²) < 4.78 is 0. The van der Waals surface area contributed by atoms with Crippen LogP contribution in [0.1, 0.15) is 17.7 Å². The first kappa shape index (κ1) is 18.3. The summed E-state index contributed by atoms with van der Waals surface area (Å²) in [5.41, 5.74) is 3.57. The molecule has 1 amide bonds. The molecule has 1 aliphatic heterocycles. The van der Waals surface area contributed by atoms with Gasteiger partial charge in [-0.15, -0.1) is 0 Å². The number of nitrogens with zero attached hydrogens (tertiary/aromatic N) is 3. The SMILES string of the molecule is O=C(NCCN1CCN(c2cccc(Cl)c2)CC1)C1CCc2[nH]ncc2C1. The Morgan fingerprint density at radius 3 is 2.96 bits per heavy atom. The van der Waals surface area contributed by atoms with Crippen molar-refractivity contribution in [2.75, 3.05) is 44.2 Å². The maximum atomic E-state index is 12.5. The van der Waals surface area contributed by atoms with Crippen molar-refractivity contribution in [3.8, 4) is 0 Å². The largest absolute Gasteiger partial charge is 0.369 e. The minimum Gasteiger partial charge on any atom is -0.369 e. The molecule has 1 aliphatic carbocycles. The molecule has 2 heterocycles.